The predicted octanol–water partition coefficient (Wildman–Crippen LogP) is 5.21. The molecule has 198 valence electrons. The number of fused-ring (bicyclic) bond motifs is 1. The summed E-state index contributed by atoms with van der Waals surface area (Å²) in [5, 5.41) is 0.479. The Kier molecular flexibility index (Phi) is 10.2. The molecule has 3 aromatic rings. The molecular formula is C29H37N3O5. The quantitative estimate of drug-likeness (QED) is 0.233. The maximum absolute atomic E-state index is 13.8. The number of nitrogens with zero attached hydrogens (tertiary/aromatic N) is 3. The normalized spacial score (nSPS) is 11.8. The molecule has 3 rings (SSSR count). The Morgan fingerprint density at radius 1 is 1.00 bits per heavy atom. The molecule has 37 heavy (non-hydrogen) atoms. The summed E-state index contributed by atoms with van der Waals surface area (Å²) in [6.45, 7) is 6.53. The van der Waals surface area contributed by atoms with E-state index in [0.29, 0.717) is 34.7 Å². The Bertz CT molecular complexity index is 1270. The van der Waals surface area contributed by atoms with Crippen molar-refractivity contribution in [1.82, 2.24) is 14.5 Å². The van der Waals surface area contributed by atoms with Crippen molar-refractivity contribution in [3.05, 3.63) is 64.7 Å². The van der Waals surface area contributed by atoms with E-state index in [2.05, 4.69) is 6.92 Å². The van der Waals surface area contributed by atoms with E-state index in [1.54, 1.807) is 53.8 Å². The van der Waals surface area contributed by atoms with Gasteiger partial charge in [0, 0.05) is 13.0 Å². The van der Waals surface area contributed by atoms with Crippen molar-refractivity contribution in [2.45, 2.75) is 65.3 Å². The van der Waals surface area contributed by atoms with E-state index in [1.165, 1.54) is 0 Å². The van der Waals surface area contributed by atoms with E-state index >= 15 is 0 Å². The molecule has 0 aliphatic heterocycles. The van der Waals surface area contributed by atoms with Crippen molar-refractivity contribution >= 4 is 22.8 Å². The van der Waals surface area contributed by atoms with Crippen molar-refractivity contribution in [3.63, 3.8) is 0 Å². The minimum Gasteiger partial charge on any atom is -0.495 e. The molecule has 0 bridgehead atoms. The molecule has 0 saturated carbocycles. The fourth-order valence-electron chi connectivity index (χ4n) is 4.45. The number of ether oxygens (including phenoxy) is 2. The average Bonchev–Trinajstić information content (AvgIpc) is 2.91. The van der Waals surface area contributed by atoms with Gasteiger partial charge < -0.3 is 14.4 Å². The third kappa shape index (κ3) is 6.76. The number of aromatic nitrogens is 2. The van der Waals surface area contributed by atoms with Gasteiger partial charge in [0.25, 0.3) is 5.56 Å². The monoisotopic (exact) mass is 507 g/mol. The number of carbonyl (C=O) groups is 2. The Labute approximate surface area is 218 Å². The average molecular weight is 508 g/mol. The van der Waals surface area contributed by atoms with Gasteiger partial charge in [-0.3, -0.25) is 19.0 Å². The first-order valence-corrected chi connectivity index (χ1v) is 13.0. The summed E-state index contributed by atoms with van der Waals surface area (Å²) < 4.78 is 12.1. The van der Waals surface area contributed by atoms with Crippen LogP contribution in [-0.4, -0.2) is 46.6 Å². The largest absolute Gasteiger partial charge is 0.495 e. The summed E-state index contributed by atoms with van der Waals surface area (Å²) in [6, 6.07) is 13.9. The molecule has 1 heterocycles. The smallest absolute Gasteiger partial charge is 0.306 e. The number of hydrogen-bond donors (Lipinski definition) is 0. The van der Waals surface area contributed by atoms with Crippen LogP contribution in [0.3, 0.4) is 0 Å². The van der Waals surface area contributed by atoms with Gasteiger partial charge in [0.2, 0.25) is 5.91 Å². The Hall–Kier alpha value is -3.68. The van der Waals surface area contributed by atoms with Gasteiger partial charge in [-0.15, -0.1) is 0 Å². The van der Waals surface area contributed by atoms with E-state index in [1.807, 2.05) is 25.1 Å². The Balaban J connectivity index is 2.10. The van der Waals surface area contributed by atoms with Crippen molar-refractivity contribution in [2.24, 2.45) is 0 Å². The number of unbranched alkanes of at least 4 members (excludes halogenated alkanes) is 3. The number of esters is 1. The second-order valence-electron chi connectivity index (χ2n) is 8.93. The molecule has 1 unspecified atom stereocenters. The predicted molar refractivity (Wildman–Crippen MR) is 144 cm³/mol. The van der Waals surface area contributed by atoms with Crippen LogP contribution in [-0.2, 0) is 14.3 Å². The topological polar surface area (TPSA) is 90.7 Å². The molecule has 1 amide bonds. The third-order valence-electron chi connectivity index (χ3n) is 6.39. The van der Waals surface area contributed by atoms with Gasteiger partial charge in [-0.25, -0.2) is 4.98 Å². The summed E-state index contributed by atoms with van der Waals surface area (Å²) >= 11 is 0. The number of carbonyl (C=O) groups excluding carboxylic acids is 2. The van der Waals surface area contributed by atoms with Crippen LogP contribution in [0, 0.1) is 0 Å². The molecule has 0 spiro atoms. The summed E-state index contributed by atoms with van der Waals surface area (Å²) in [6.07, 6.45) is 3.98. The molecule has 0 aliphatic rings. The first kappa shape index (κ1) is 27.9. The van der Waals surface area contributed by atoms with E-state index in [4.69, 9.17) is 14.5 Å². The van der Waals surface area contributed by atoms with E-state index in [-0.39, 0.29) is 30.9 Å². The lowest BCUT2D eigenvalue weighted by molar-refractivity contribution is -0.146. The molecule has 1 atom stereocenters. The highest BCUT2D eigenvalue weighted by atomic mass is 16.5. The van der Waals surface area contributed by atoms with E-state index < -0.39 is 12.0 Å². The van der Waals surface area contributed by atoms with Crippen LogP contribution in [0.4, 0.5) is 0 Å². The Morgan fingerprint density at radius 3 is 2.46 bits per heavy atom. The molecule has 2 aromatic carbocycles. The zero-order valence-electron chi connectivity index (χ0n) is 22.2. The van der Waals surface area contributed by atoms with E-state index in [9.17, 15) is 14.4 Å². The number of hydrogen-bond acceptors (Lipinski definition) is 6. The van der Waals surface area contributed by atoms with Crippen LogP contribution in [0.2, 0.25) is 0 Å². The highest BCUT2D eigenvalue weighted by molar-refractivity contribution is 5.82. The maximum Gasteiger partial charge on any atom is 0.306 e. The lowest BCUT2D eigenvalue weighted by atomic mass is 10.1. The van der Waals surface area contributed by atoms with Crippen LogP contribution in [0.5, 0.6) is 5.75 Å². The standard InChI is InChI=1S/C29H37N3O5/c1-5-7-8-13-20-31(26(33)18-19-27(34)37-6-2)21(3)28-30-23-15-10-9-14-22(23)29(35)32(28)24-16-11-12-17-25(24)36-4/h9-12,14-17,21H,5-8,13,18-20H2,1-4H3. The summed E-state index contributed by atoms with van der Waals surface area (Å²) in [7, 11) is 1.56. The van der Waals surface area contributed by atoms with Gasteiger partial charge in [0.1, 0.15) is 11.6 Å². The first-order chi connectivity index (χ1) is 17.9. The molecule has 8 heteroatoms. The lowest BCUT2D eigenvalue weighted by Crippen LogP contribution is -2.38. The second kappa shape index (κ2) is 13.6. The van der Waals surface area contributed by atoms with Crippen molar-refractivity contribution in [3.8, 4) is 11.4 Å². The summed E-state index contributed by atoms with van der Waals surface area (Å²) in [5.41, 5.74) is 0.882. The minimum atomic E-state index is -0.529. The Morgan fingerprint density at radius 2 is 1.73 bits per heavy atom. The second-order valence-corrected chi connectivity index (χ2v) is 8.93. The number of benzene rings is 2. The van der Waals surface area contributed by atoms with Gasteiger partial charge in [-0.05, 0) is 44.5 Å². The number of rotatable bonds is 13. The highest BCUT2D eigenvalue weighted by Crippen LogP contribution is 2.28. The summed E-state index contributed by atoms with van der Waals surface area (Å²) in [4.78, 5) is 45.8. The molecule has 0 aliphatic carbocycles. The lowest BCUT2D eigenvalue weighted by Gasteiger charge is -2.31. The zero-order valence-corrected chi connectivity index (χ0v) is 22.2. The van der Waals surface area contributed by atoms with Crippen molar-refractivity contribution in [1.29, 1.82) is 0 Å². The van der Waals surface area contributed by atoms with Crippen LogP contribution in [0.25, 0.3) is 16.6 Å². The third-order valence-corrected chi connectivity index (χ3v) is 6.39. The fourth-order valence-corrected chi connectivity index (χ4v) is 4.45. The molecule has 8 nitrogen and oxygen atoms in total. The van der Waals surface area contributed by atoms with Crippen LogP contribution in [0.15, 0.2) is 53.3 Å². The number of methoxy groups -OCH3 is 1. The first-order valence-electron chi connectivity index (χ1n) is 13.0. The maximum atomic E-state index is 13.8. The molecular weight excluding hydrogens is 470 g/mol. The van der Waals surface area contributed by atoms with Gasteiger partial charge in [-0.1, -0.05) is 50.5 Å². The molecule has 0 fully saturated rings. The fraction of sp³-hybridized carbons (Fsp3) is 0.448. The number of para-hydroxylation sites is 3. The van der Waals surface area contributed by atoms with Gasteiger partial charge in [0.05, 0.1) is 42.8 Å². The van der Waals surface area contributed by atoms with Crippen LogP contribution >= 0.6 is 0 Å². The van der Waals surface area contributed by atoms with Crippen LogP contribution in [0.1, 0.15) is 71.2 Å². The summed E-state index contributed by atoms with van der Waals surface area (Å²) in [5.74, 6) is 0.390. The molecule has 0 saturated heterocycles. The minimum absolute atomic E-state index is 0.00924. The van der Waals surface area contributed by atoms with Crippen molar-refractivity contribution in [2.75, 3.05) is 20.3 Å². The number of amides is 1. The highest BCUT2D eigenvalue weighted by Gasteiger charge is 2.27. The molecule has 1 aromatic heterocycles. The van der Waals surface area contributed by atoms with E-state index in [0.717, 1.165) is 25.7 Å². The van der Waals surface area contributed by atoms with Gasteiger partial charge in [0.15, 0.2) is 0 Å². The SMILES string of the molecule is CCCCCCN(C(=O)CCC(=O)OCC)C(C)c1nc2ccccc2c(=O)n1-c1ccccc1OC. The van der Waals surface area contributed by atoms with Crippen LogP contribution < -0.4 is 10.3 Å². The zero-order chi connectivity index (χ0) is 26.8. The van der Waals surface area contributed by atoms with Gasteiger partial charge in [-0.2, -0.15) is 0 Å². The molecule has 0 radical (unpaired) electrons. The van der Waals surface area contributed by atoms with Gasteiger partial charge >= 0.3 is 5.97 Å². The molecule has 0 N–H and O–H groups in total. The van der Waals surface area contributed by atoms with Crippen molar-refractivity contribution < 1.29 is 19.1 Å².